The molecule has 0 bridgehead atoms. The van der Waals surface area contributed by atoms with E-state index in [2.05, 4.69) is 11.7 Å². The van der Waals surface area contributed by atoms with Gasteiger partial charge in [-0.1, -0.05) is 57.6 Å². The van der Waals surface area contributed by atoms with Gasteiger partial charge in [0.1, 0.15) is 5.75 Å². The predicted octanol–water partition coefficient (Wildman–Crippen LogP) is 6.12. The lowest BCUT2D eigenvalue weighted by atomic mass is 9.78. The third-order valence-corrected chi connectivity index (χ3v) is 4.66. The first-order valence-electron chi connectivity index (χ1n) is 8.31. The molecule has 0 amide bonds. The molecule has 0 aliphatic heterocycles. The quantitative estimate of drug-likeness (QED) is 0.614. The van der Waals surface area contributed by atoms with Crippen molar-refractivity contribution in [3.05, 3.63) is 29.8 Å². The van der Waals surface area contributed by atoms with Gasteiger partial charge in [0.25, 0.3) is 0 Å². The molecular weight excluding hydrogens is 289 g/mol. The van der Waals surface area contributed by atoms with Crippen LogP contribution in [0.1, 0.15) is 57.4 Å². The van der Waals surface area contributed by atoms with Crippen molar-refractivity contribution in [3.8, 4) is 5.75 Å². The van der Waals surface area contributed by atoms with Crippen molar-refractivity contribution in [1.29, 1.82) is 0 Å². The summed E-state index contributed by atoms with van der Waals surface area (Å²) in [4.78, 5) is 0. The molecule has 0 heterocycles. The highest BCUT2D eigenvalue weighted by Crippen LogP contribution is 2.34. The Labute approximate surface area is 130 Å². The van der Waals surface area contributed by atoms with Crippen LogP contribution < -0.4 is 4.74 Å². The van der Waals surface area contributed by atoms with Crippen LogP contribution in [0, 0.1) is 11.8 Å². The third-order valence-electron chi connectivity index (χ3n) is 4.66. The minimum absolute atomic E-state index is 0.142. The van der Waals surface area contributed by atoms with Crippen LogP contribution in [0.15, 0.2) is 24.3 Å². The highest BCUT2D eigenvalue weighted by molar-refractivity contribution is 5.27. The molecule has 124 valence electrons. The second kappa shape index (κ2) is 7.89. The molecule has 0 atom stereocenters. The van der Waals surface area contributed by atoms with Gasteiger partial charge in [-0.15, -0.1) is 13.2 Å². The highest BCUT2D eigenvalue weighted by Gasteiger charge is 2.30. The molecule has 1 aliphatic rings. The Hall–Kier alpha value is -1.19. The van der Waals surface area contributed by atoms with Gasteiger partial charge in [-0.25, -0.2) is 0 Å². The van der Waals surface area contributed by atoms with Gasteiger partial charge in [-0.3, -0.25) is 0 Å². The van der Waals surface area contributed by atoms with Gasteiger partial charge < -0.3 is 4.74 Å². The Kier molecular flexibility index (Phi) is 6.16. The molecule has 1 aliphatic carbocycles. The largest absolute Gasteiger partial charge is 0.573 e. The molecular formula is C18H25F3O. The molecule has 0 unspecified atom stereocenters. The number of alkyl halides is 3. The van der Waals surface area contributed by atoms with E-state index in [1.165, 1.54) is 50.7 Å². The molecule has 0 spiro atoms. The lowest BCUT2D eigenvalue weighted by molar-refractivity contribution is -0.274. The zero-order valence-electron chi connectivity index (χ0n) is 13.2. The van der Waals surface area contributed by atoms with Crippen LogP contribution >= 0.6 is 0 Å². The van der Waals surface area contributed by atoms with Crippen molar-refractivity contribution in [2.45, 2.75) is 64.7 Å². The molecule has 0 aromatic heterocycles. The van der Waals surface area contributed by atoms with Crippen LogP contribution in [0.4, 0.5) is 13.2 Å². The normalized spacial score (nSPS) is 22.5. The molecule has 22 heavy (non-hydrogen) atoms. The molecule has 0 saturated heterocycles. The van der Waals surface area contributed by atoms with E-state index < -0.39 is 6.36 Å². The van der Waals surface area contributed by atoms with Crippen LogP contribution in [0.2, 0.25) is 0 Å². The smallest absolute Gasteiger partial charge is 0.406 e. The number of rotatable bonds is 6. The van der Waals surface area contributed by atoms with Crippen LogP contribution in [0.3, 0.4) is 0 Å². The van der Waals surface area contributed by atoms with E-state index in [0.29, 0.717) is 0 Å². The molecule has 4 heteroatoms. The van der Waals surface area contributed by atoms with Crippen molar-refractivity contribution in [3.63, 3.8) is 0 Å². The summed E-state index contributed by atoms with van der Waals surface area (Å²) < 4.78 is 40.2. The SMILES string of the molecule is CCCC1CCC(CCc2ccc(OC(F)(F)F)cc2)CC1. The summed E-state index contributed by atoms with van der Waals surface area (Å²) in [5, 5.41) is 0. The number of aryl methyl sites for hydroxylation is 1. The first-order valence-corrected chi connectivity index (χ1v) is 8.31. The van der Waals surface area contributed by atoms with E-state index in [1.54, 1.807) is 12.1 Å². The van der Waals surface area contributed by atoms with E-state index >= 15 is 0 Å². The molecule has 1 fully saturated rings. The molecule has 1 aromatic rings. The van der Waals surface area contributed by atoms with Crippen molar-refractivity contribution in [1.82, 2.24) is 0 Å². The molecule has 1 nitrogen and oxygen atoms in total. The Balaban J connectivity index is 1.73. The minimum atomic E-state index is -4.61. The Bertz CT molecular complexity index is 431. The second-order valence-corrected chi connectivity index (χ2v) is 6.41. The lowest BCUT2D eigenvalue weighted by Gasteiger charge is -2.28. The maximum Gasteiger partial charge on any atom is 0.573 e. The summed E-state index contributed by atoms with van der Waals surface area (Å²) in [6.45, 7) is 2.25. The van der Waals surface area contributed by atoms with Crippen molar-refractivity contribution >= 4 is 0 Å². The maximum absolute atomic E-state index is 12.1. The summed E-state index contributed by atoms with van der Waals surface area (Å²) in [5.41, 5.74) is 1.09. The van der Waals surface area contributed by atoms with E-state index in [1.807, 2.05) is 0 Å². The van der Waals surface area contributed by atoms with Crippen LogP contribution in [0.5, 0.6) is 5.75 Å². The minimum Gasteiger partial charge on any atom is -0.406 e. The van der Waals surface area contributed by atoms with Gasteiger partial charge in [0, 0.05) is 0 Å². The summed E-state index contributed by atoms with van der Waals surface area (Å²) in [7, 11) is 0. The van der Waals surface area contributed by atoms with E-state index in [9.17, 15) is 13.2 Å². The fourth-order valence-corrected chi connectivity index (χ4v) is 3.45. The monoisotopic (exact) mass is 314 g/mol. The molecule has 2 rings (SSSR count). The Morgan fingerprint density at radius 3 is 2.00 bits per heavy atom. The number of hydrogen-bond acceptors (Lipinski definition) is 1. The van der Waals surface area contributed by atoms with Crippen molar-refractivity contribution in [2.75, 3.05) is 0 Å². The number of halogens is 3. The van der Waals surface area contributed by atoms with Gasteiger partial charge in [0.05, 0.1) is 0 Å². The lowest BCUT2D eigenvalue weighted by Crippen LogP contribution is -2.17. The van der Waals surface area contributed by atoms with Gasteiger partial charge in [0.2, 0.25) is 0 Å². The summed E-state index contributed by atoms with van der Waals surface area (Å²) in [5.74, 6) is 1.55. The predicted molar refractivity (Wildman–Crippen MR) is 81.8 cm³/mol. The average molecular weight is 314 g/mol. The van der Waals surface area contributed by atoms with E-state index in [4.69, 9.17) is 0 Å². The van der Waals surface area contributed by atoms with Gasteiger partial charge in [0.15, 0.2) is 0 Å². The zero-order chi connectivity index (χ0) is 16.0. The standard InChI is InChI=1S/C18H25F3O/c1-2-3-14-4-6-15(7-5-14)8-9-16-10-12-17(13-11-16)22-18(19,20)21/h10-15H,2-9H2,1H3. The molecule has 1 aromatic carbocycles. The van der Waals surface area contributed by atoms with Crippen LogP contribution in [-0.4, -0.2) is 6.36 Å². The van der Waals surface area contributed by atoms with Crippen molar-refractivity contribution in [2.24, 2.45) is 11.8 Å². The maximum atomic E-state index is 12.1. The molecule has 1 saturated carbocycles. The van der Waals surface area contributed by atoms with Gasteiger partial charge in [-0.2, -0.15) is 0 Å². The molecule has 0 N–H and O–H groups in total. The Morgan fingerprint density at radius 1 is 0.955 bits per heavy atom. The van der Waals surface area contributed by atoms with Crippen LogP contribution in [0.25, 0.3) is 0 Å². The number of benzene rings is 1. The third kappa shape index (κ3) is 5.90. The average Bonchev–Trinajstić information content (AvgIpc) is 2.47. The first kappa shape index (κ1) is 17.2. The fourth-order valence-electron chi connectivity index (χ4n) is 3.45. The zero-order valence-corrected chi connectivity index (χ0v) is 13.2. The van der Waals surface area contributed by atoms with E-state index in [0.717, 1.165) is 30.2 Å². The summed E-state index contributed by atoms with van der Waals surface area (Å²) >= 11 is 0. The Morgan fingerprint density at radius 2 is 1.50 bits per heavy atom. The highest BCUT2D eigenvalue weighted by atomic mass is 19.4. The van der Waals surface area contributed by atoms with Crippen LogP contribution in [-0.2, 0) is 6.42 Å². The van der Waals surface area contributed by atoms with E-state index in [-0.39, 0.29) is 5.75 Å². The number of ether oxygens (including phenoxy) is 1. The first-order chi connectivity index (χ1) is 10.5. The van der Waals surface area contributed by atoms with Gasteiger partial charge >= 0.3 is 6.36 Å². The number of hydrogen-bond donors (Lipinski definition) is 0. The van der Waals surface area contributed by atoms with Gasteiger partial charge in [-0.05, 0) is 42.4 Å². The topological polar surface area (TPSA) is 9.23 Å². The molecule has 0 radical (unpaired) electrons. The van der Waals surface area contributed by atoms with Crippen molar-refractivity contribution < 1.29 is 17.9 Å². The summed E-state index contributed by atoms with van der Waals surface area (Å²) in [6.07, 6.45) is 5.40. The second-order valence-electron chi connectivity index (χ2n) is 6.41. The fraction of sp³-hybridized carbons (Fsp3) is 0.667. The summed E-state index contributed by atoms with van der Waals surface area (Å²) in [6, 6.07) is 6.29.